The second-order valence-electron chi connectivity index (χ2n) is 8.94. The van der Waals surface area contributed by atoms with Crippen molar-refractivity contribution >= 4 is 34.9 Å². The number of halogens is 1. The van der Waals surface area contributed by atoms with Crippen molar-refractivity contribution in [3.8, 4) is 28.1 Å². The third kappa shape index (κ3) is 6.78. The molecule has 0 unspecified atom stereocenters. The van der Waals surface area contributed by atoms with Gasteiger partial charge in [-0.3, -0.25) is 9.78 Å². The van der Waals surface area contributed by atoms with Crippen LogP contribution >= 0.6 is 22.9 Å². The normalized spacial score (nSPS) is 14.0. The van der Waals surface area contributed by atoms with Crippen LogP contribution in [0.2, 0.25) is 5.02 Å². The van der Waals surface area contributed by atoms with Crippen molar-refractivity contribution in [3.63, 3.8) is 0 Å². The Morgan fingerprint density at radius 3 is 2.86 bits per heavy atom. The molecule has 0 saturated heterocycles. The van der Waals surface area contributed by atoms with Gasteiger partial charge in [0.1, 0.15) is 23.0 Å². The van der Waals surface area contributed by atoms with E-state index in [1.807, 2.05) is 44.2 Å². The third-order valence-corrected chi connectivity index (χ3v) is 6.84. The van der Waals surface area contributed by atoms with Gasteiger partial charge in [-0.05, 0) is 75.1 Å². The number of aromatic nitrogens is 2. The molecule has 0 spiro atoms. The first-order valence-corrected chi connectivity index (χ1v) is 13.2. The Labute approximate surface area is 224 Å². The largest absolute Gasteiger partial charge is 0.493 e. The van der Waals surface area contributed by atoms with Crippen LogP contribution in [0.25, 0.3) is 17.5 Å². The minimum absolute atomic E-state index is 0.198. The molecule has 5 rings (SSSR count). The van der Waals surface area contributed by atoms with E-state index in [2.05, 4.69) is 15.3 Å². The summed E-state index contributed by atoms with van der Waals surface area (Å²) in [6.07, 6.45) is 9.58. The Kier molecular flexibility index (Phi) is 7.58. The van der Waals surface area contributed by atoms with E-state index in [0.29, 0.717) is 38.9 Å². The predicted octanol–water partition coefficient (Wildman–Crippen LogP) is 7.17. The predicted molar refractivity (Wildman–Crippen MR) is 144 cm³/mol. The highest BCUT2D eigenvalue weighted by Gasteiger charge is 2.22. The molecule has 0 aliphatic heterocycles. The van der Waals surface area contributed by atoms with Crippen LogP contribution in [0, 0.1) is 12.8 Å². The first-order chi connectivity index (χ1) is 17.9. The van der Waals surface area contributed by atoms with E-state index in [-0.39, 0.29) is 11.9 Å². The van der Waals surface area contributed by atoms with Crippen LogP contribution in [0.4, 0.5) is 0 Å². The first kappa shape index (κ1) is 25.0. The van der Waals surface area contributed by atoms with Gasteiger partial charge >= 0.3 is 0 Å². The highest BCUT2D eigenvalue weighted by Crippen LogP contribution is 2.35. The van der Waals surface area contributed by atoms with E-state index < -0.39 is 0 Å². The molecule has 1 aliphatic carbocycles. The second-order valence-corrected chi connectivity index (χ2v) is 10.4. The number of rotatable bonds is 10. The van der Waals surface area contributed by atoms with Gasteiger partial charge in [0, 0.05) is 30.1 Å². The molecular formula is C28H26ClN3O4S. The lowest BCUT2D eigenvalue weighted by Gasteiger charge is -2.10. The lowest BCUT2D eigenvalue weighted by Crippen LogP contribution is -2.31. The van der Waals surface area contributed by atoms with Crippen LogP contribution in [-0.4, -0.2) is 28.5 Å². The number of benzene rings is 1. The zero-order valence-corrected chi connectivity index (χ0v) is 22.0. The van der Waals surface area contributed by atoms with Gasteiger partial charge in [0.05, 0.1) is 16.5 Å². The summed E-state index contributed by atoms with van der Waals surface area (Å²) in [5.74, 6) is 3.15. The number of aryl methyl sites for hydroxylation is 1. The van der Waals surface area contributed by atoms with Crippen molar-refractivity contribution in [3.05, 3.63) is 82.2 Å². The van der Waals surface area contributed by atoms with E-state index in [1.54, 1.807) is 36.7 Å². The zero-order chi connectivity index (χ0) is 25.8. The SMILES string of the molecule is Cc1ccc(-c2cc(C(=O)N[C@@H](C)C=Cc3cnc(Oc4ccc(OCC5CC5)cc4Cl)s3)ccn2)o1. The number of carbonyl (C=O) groups is 1. The van der Waals surface area contributed by atoms with E-state index in [4.69, 9.17) is 25.5 Å². The molecule has 4 aromatic rings. The molecule has 1 aliphatic rings. The van der Waals surface area contributed by atoms with Crippen molar-refractivity contribution in [1.29, 1.82) is 0 Å². The average Bonchev–Trinajstić information content (AvgIpc) is 3.45. The fourth-order valence-electron chi connectivity index (χ4n) is 3.50. The van der Waals surface area contributed by atoms with Crippen molar-refractivity contribution in [1.82, 2.24) is 15.3 Å². The molecule has 1 atom stereocenters. The van der Waals surface area contributed by atoms with Gasteiger partial charge in [0.2, 0.25) is 0 Å². The molecule has 7 nitrogen and oxygen atoms in total. The monoisotopic (exact) mass is 535 g/mol. The lowest BCUT2D eigenvalue weighted by molar-refractivity contribution is 0.0947. The van der Waals surface area contributed by atoms with Gasteiger partial charge < -0.3 is 19.2 Å². The highest BCUT2D eigenvalue weighted by atomic mass is 35.5. The fourth-order valence-corrected chi connectivity index (χ4v) is 4.40. The summed E-state index contributed by atoms with van der Waals surface area (Å²) in [5.41, 5.74) is 1.12. The maximum absolute atomic E-state index is 12.7. The van der Waals surface area contributed by atoms with Crippen LogP contribution in [0.3, 0.4) is 0 Å². The molecule has 37 heavy (non-hydrogen) atoms. The maximum Gasteiger partial charge on any atom is 0.279 e. The van der Waals surface area contributed by atoms with Crippen LogP contribution in [0.5, 0.6) is 16.7 Å². The fraction of sp³-hybridized carbons (Fsp3) is 0.250. The summed E-state index contributed by atoms with van der Waals surface area (Å²) in [4.78, 5) is 22.2. The first-order valence-electron chi connectivity index (χ1n) is 12.0. The third-order valence-electron chi connectivity index (χ3n) is 5.71. The molecule has 9 heteroatoms. The smallest absolute Gasteiger partial charge is 0.279 e. The number of nitrogens with zero attached hydrogens (tertiary/aromatic N) is 2. The molecular weight excluding hydrogens is 510 g/mol. The quantitative estimate of drug-likeness (QED) is 0.231. The molecule has 3 heterocycles. The summed E-state index contributed by atoms with van der Waals surface area (Å²) >= 11 is 7.75. The lowest BCUT2D eigenvalue weighted by atomic mass is 10.1. The standard InChI is InChI=1S/C28H26ClN3O4S/c1-17(32-27(33)20-11-12-30-24(13-20)26-9-4-18(2)35-26)3-8-22-15-31-28(37-22)36-25-10-7-21(14-23(25)29)34-16-19-5-6-19/h3-4,7-15,17,19H,5-6,16H2,1-2H3,(H,32,33)/t17-/m0/s1. The van der Waals surface area contributed by atoms with E-state index >= 15 is 0 Å². The number of amides is 1. The molecule has 1 amide bonds. The summed E-state index contributed by atoms with van der Waals surface area (Å²) < 4.78 is 17.2. The molecule has 0 radical (unpaired) electrons. The van der Waals surface area contributed by atoms with Gasteiger partial charge in [0.15, 0.2) is 5.76 Å². The number of furan rings is 1. The van der Waals surface area contributed by atoms with Crippen molar-refractivity contribution < 1.29 is 18.7 Å². The number of carbonyl (C=O) groups excluding carboxylic acids is 1. The molecule has 1 N–H and O–H groups in total. The summed E-state index contributed by atoms with van der Waals surface area (Å²) in [6, 6.07) is 12.3. The summed E-state index contributed by atoms with van der Waals surface area (Å²) in [5, 5.41) is 3.92. The van der Waals surface area contributed by atoms with E-state index in [1.165, 1.54) is 24.2 Å². The number of nitrogens with one attached hydrogen (secondary N) is 1. The van der Waals surface area contributed by atoms with E-state index in [9.17, 15) is 4.79 Å². The molecule has 0 bridgehead atoms. The summed E-state index contributed by atoms with van der Waals surface area (Å²) in [6.45, 7) is 4.49. The van der Waals surface area contributed by atoms with Crippen LogP contribution in [0.15, 0.2) is 65.4 Å². The van der Waals surface area contributed by atoms with Gasteiger partial charge in [-0.15, -0.1) is 0 Å². The number of ether oxygens (including phenoxy) is 2. The number of hydrogen-bond acceptors (Lipinski definition) is 7. The Morgan fingerprint density at radius 2 is 2.11 bits per heavy atom. The number of pyridine rings is 1. The van der Waals surface area contributed by atoms with E-state index in [0.717, 1.165) is 23.0 Å². The molecule has 1 fully saturated rings. The minimum Gasteiger partial charge on any atom is -0.493 e. The van der Waals surface area contributed by atoms with Crippen molar-refractivity contribution in [2.75, 3.05) is 6.61 Å². The Bertz CT molecular complexity index is 1430. The molecule has 1 saturated carbocycles. The van der Waals surface area contributed by atoms with Crippen LogP contribution in [0.1, 0.15) is 40.8 Å². The zero-order valence-electron chi connectivity index (χ0n) is 20.4. The Morgan fingerprint density at radius 1 is 1.24 bits per heavy atom. The summed E-state index contributed by atoms with van der Waals surface area (Å²) in [7, 11) is 0. The topological polar surface area (TPSA) is 86.5 Å². The second kappa shape index (κ2) is 11.2. The van der Waals surface area contributed by atoms with Gasteiger partial charge in [-0.1, -0.05) is 29.0 Å². The van der Waals surface area contributed by atoms with Crippen molar-refractivity contribution in [2.45, 2.75) is 32.7 Å². The Balaban J connectivity index is 1.15. The molecule has 3 aromatic heterocycles. The Hall–Kier alpha value is -3.62. The number of thiazole rings is 1. The molecule has 190 valence electrons. The minimum atomic E-state index is -0.209. The van der Waals surface area contributed by atoms with Gasteiger partial charge in [0.25, 0.3) is 11.1 Å². The van der Waals surface area contributed by atoms with Crippen molar-refractivity contribution in [2.24, 2.45) is 5.92 Å². The maximum atomic E-state index is 12.7. The van der Waals surface area contributed by atoms with Crippen LogP contribution < -0.4 is 14.8 Å². The van der Waals surface area contributed by atoms with Gasteiger partial charge in [-0.25, -0.2) is 4.98 Å². The average molecular weight is 536 g/mol. The van der Waals surface area contributed by atoms with Gasteiger partial charge in [-0.2, -0.15) is 0 Å². The highest BCUT2D eigenvalue weighted by molar-refractivity contribution is 7.14. The number of hydrogen-bond donors (Lipinski definition) is 1. The molecule has 1 aromatic carbocycles. The van der Waals surface area contributed by atoms with Crippen LogP contribution in [-0.2, 0) is 0 Å².